The molecule has 0 fully saturated rings. The van der Waals surface area contributed by atoms with Gasteiger partial charge in [0.1, 0.15) is 0 Å². The molecule has 0 aliphatic heterocycles. The molecule has 0 unspecified atom stereocenters. The third-order valence-corrected chi connectivity index (χ3v) is 3.21. The van der Waals surface area contributed by atoms with Crippen LogP contribution in [-0.4, -0.2) is 22.9 Å². The summed E-state index contributed by atoms with van der Waals surface area (Å²) >= 11 is 6.09. The van der Waals surface area contributed by atoms with Gasteiger partial charge in [0.15, 0.2) is 0 Å². The second-order valence-electron chi connectivity index (χ2n) is 4.68. The van der Waals surface area contributed by atoms with Gasteiger partial charge in [-0.2, -0.15) is 0 Å². The number of benzene rings is 2. The Kier molecular flexibility index (Phi) is 5.70. The van der Waals surface area contributed by atoms with Crippen LogP contribution in [0.4, 0.5) is 11.4 Å². The predicted octanol–water partition coefficient (Wildman–Crippen LogP) is 3.17. The summed E-state index contributed by atoms with van der Waals surface area (Å²) in [5, 5.41) is 13.8. The Morgan fingerprint density at radius 2 is 1.67 bits per heavy atom. The summed E-state index contributed by atoms with van der Waals surface area (Å²) in [5.74, 6) is -2.13. The van der Waals surface area contributed by atoms with Gasteiger partial charge in [-0.05, 0) is 30.3 Å². The molecule has 0 saturated carbocycles. The lowest BCUT2D eigenvalue weighted by Crippen LogP contribution is -2.12. The standard InChI is InChI=1S/C17H13ClN2O4/c18-13-10-12(19-15(21)8-9-16(22)23)6-7-14(13)20-17(24)11-4-2-1-3-5-11/h1-10H,(H,19,21)(H,20,24)(H,22,23)/b9-8+. The van der Waals surface area contributed by atoms with Gasteiger partial charge in [-0.25, -0.2) is 4.79 Å². The monoisotopic (exact) mass is 344 g/mol. The van der Waals surface area contributed by atoms with Gasteiger partial charge >= 0.3 is 5.97 Å². The molecule has 2 rings (SSSR count). The van der Waals surface area contributed by atoms with Crippen molar-refractivity contribution >= 4 is 40.8 Å². The van der Waals surface area contributed by atoms with E-state index < -0.39 is 11.9 Å². The Morgan fingerprint density at radius 3 is 2.29 bits per heavy atom. The van der Waals surface area contributed by atoms with Crippen molar-refractivity contribution in [2.45, 2.75) is 0 Å². The SMILES string of the molecule is O=C(O)/C=C/C(=O)Nc1ccc(NC(=O)c2ccccc2)c(Cl)c1. The number of aliphatic carboxylic acids is 1. The van der Waals surface area contributed by atoms with E-state index in [9.17, 15) is 14.4 Å². The molecule has 2 aromatic rings. The first-order chi connectivity index (χ1) is 11.5. The van der Waals surface area contributed by atoms with Gasteiger partial charge in [-0.3, -0.25) is 9.59 Å². The molecule has 0 heterocycles. The second-order valence-corrected chi connectivity index (χ2v) is 5.08. The summed E-state index contributed by atoms with van der Waals surface area (Å²) in [6.07, 6.45) is 1.62. The third-order valence-electron chi connectivity index (χ3n) is 2.90. The number of amides is 2. The van der Waals surface area contributed by atoms with Gasteiger partial charge in [-0.15, -0.1) is 0 Å². The smallest absolute Gasteiger partial charge is 0.328 e. The summed E-state index contributed by atoms with van der Waals surface area (Å²) in [7, 11) is 0. The fourth-order valence-corrected chi connectivity index (χ4v) is 2.04. The summed E-state index contributed by atoms with van der Waals surface area (Å²) in [4.78, 5) is 33.9. The topological polar surface area (TPSA) is 95.5 Å². The zero-order chi connectivity index (χ0) is 17.5. The maximum atomic E-state index is 12.1. The van der Waals surface area contributed by atoms with Crippen LogP contribution in [-0.2, 0) is 9.59 Å². The number of anilines is 2. The lowest BCUT2D eigenvalue weighted by atomic mass is 10.2. The zero-order valence-electron chi connectivity index (χ0n) is 12.3. The molecule has 0 bridgehead atoms. The molecule has 3 N–H and O–H groups in total. The normalized spacial score (nSPS) is 10.4. The molecule has 7 heteroatoms. The number of hydrogen-bond donors (Lipinski definition) is 3. The highest BCUT2D eigenvalue weighted by Gasteiger charge is 2.09. The zero-order valence-corrected chi connectivity index (χ0v) is 13.1. The molecule has 0 saturated heterocycles. The molecule has 122 valence electrons. The van der Waals surface area contributed by atoms with E-state index in [1.54, 1.807) is 42.5 Å². The first-order valence-electron chi connectivity index (χ1n) is 6.83. The molecule has 6 nitrogen and oxygen atoms in total. The Morgan fingerprint density at radius 1 is 0.958 bits per heavy atom. The number of hydrogen-bond acceptors (Lipinski definition) is 3. The number of halogens is 1. The molecular formula is C17H13ClN2O4. The van der Waals surface area contributed by atoms with Crippen molar-refractivity contribution < 1.29 is 19.5 Å². The first-order valence-corrected chi connectivity index (χ1v) is 7.21. The van der Waals surface area contributed by atoms with E-state index >= 15 is 0 Å². The number of carbonyl (C=O) groups excluding carboxylic acids is 2. The lowest BCUT2D eigenvalue weighted by Gasteiger charge is -2.09. The van der Waals surface area contributed by atoms with Crippen molar-refractivity contribution in [1.82, 2.24) is 0 Å². The van der Waals surface area contributed by atoms with Crippen LogP contribution in [0.15, 0.2) is 60.7 Å². The Bertz CT molecular complexity index is 803. The highest BCUT2D eigenvalue weighted by atomic mass is 35.5. The molecule has 2 amide bonds. The van der Waals surface area contributed by atoms with E-state index in [4.69, 9.17) is 16.7 Å². The third kappa shape index (κ3) is 4.96. The Hall–Kier alpha value is -3.12. The Labute approximate surface area is 142 Å². The summed E-state index contributed by atoms with van der Waals surface area (Å²) in [6, 6.07) is 13.2. The van der Waals surface area contributed by atoms with E-state index in [1.165, 1.54) is 6.07 Å². The van der Waals surface area contributed by atoms with E-state index in [0.717, 1.165) is 12.2 Å². The predicted molar refractivity (Wildman–Crippen MR) is 91.3 cm³/mol. The lowest BCUT2D eigenvalue weighted by molar-refractivity contribution is -0.131. The van der Waals surface area contributed by atoms with Crippen LogP contribution < -0.4 is 10.6 Å². The van der Waals surface area contributed by atoms with Crippen LogP contribution in [0.1, 0.15) is 10.4 Å². The summed E-state index contributed by atoms with van der Waals surface area (Å²) in [6.45, 7) is 0. The van der Waals surface area contributed by atoms with Gasteiger partial charge in [0.25, 0.3) is 5.91 Å². The number of carboxylic acids is 1. The molecule has 0 aliphatic carbocycles. The van der Waals surface area contributed by atoms with Crippen LogP contribution >= 0.6 is 11.6 Å². The summed E-state index contributed by atoms with van der Waals surface area (Å²) in [5.41, 5.74) is 1.26. The van der Waals surface area contributed by atoms with E-state index in [1.807, 2.05) is 0 Å². The largest absolute Gasteiger partial charge is 0.478 e. The molecule has 2 aromatic carbocycles. The maximum absolute atomic E-state index is 12.1. The van der Waals surface area contributed by atoms with Crippen molar-refractivity contribution in [2.75, 3.05) is 10.6 Å². The molecule has 0 spiro atoms. The molecule has 0 atom stereocenters. The summed E-state index contributed by atoms with van der Waals surface area (Å²) < 4.78 is 0. The van der Waals surface area contributed by atoms with Crippen molar-refractivity contribution in [2.24, 2.45) is 0 Å². The van der Waals surface area contributed by atoms with Crippen molar-refractivity contribution in [3.05, 3.63) is 71.3 Å². The highest BCUT2D eigenvalue weighted by molar-refractivity contribution is 6.34. The van der Waals surface area contributed by atoms with Crippen LogP contribution in [0.2, 0.25) is 5.02 Å². The molecule has 24 heavy (non-hydrogen) atoms. The number of rotatable bonds is 5. The number of carboxylic acid groups (broad SMARTS) is 1. The van der Waals surface area contributed by atoms with Crippen molar-refractivity contribution in [3.63, 3.8) is 0 Å². The highest BCUT2D eigenvalue weighted by Crippen LogP contribution is 2.26. The molecule has 0 aliphatic rings. The minimum Gasteiger partial charge on any atom is -0.478 e. The van der Waals surface area contributed by atoms with Gasteiger partial charge in [0, 0.05) is 23.4 Å². The number of nitrogens with one attached hydrogen (secondary N) is 2. The maximum Gasteiger partial charge on any atom is 0.328 e. The quantitative estimate of drug-likeness (QED) is 0.726. The second kappa shape index (κ2) is 7.94. The molecule has 0 radical (unpaired) electrons. The van der Waals surface area contributed by atoms with Crippen LogP contribution in [0.25, 0.3) is 0 Å². The van der Waals surface area contributed by atoms with E-state index in [0.29, 0.717) is 16.9 Å². The van der Waals surface area contributed by atoms with Gasteiger partial charge < -0.3 is 15.7 Å². The molecular weight excluding hydrogens is 332 g/mol. The average molecular weight is 345 g/mol. The van der Waals surface area contributed by atoms with Gasteiger partial charge in [0.05, 0.1) is 10.7 Å². The van der Waals surface area contributed by atoms with Crippen LogP contribution in [0, 0.1) is 0 Å². The fourth-order valence-electron chi connectivity index (χ4n) is 1.81. The van der Waals surface area contributed by atoms with Gasteiger partial charge in [0.2, 0.25) is 5.91 Å². The fraction of sp³-hybridized carbons (Fsp3) is 0. The van der Waals surface area contributed by atoms with E-state index in [-0.39, 0.29) is 10.9 Å². The minimum atomic E-state index is -1.22. The average Bonchev–Trinajstić information content (AvgIpc) is 2.56. The van der Waals surface area contributed by atoms with E-state index in [2.05, 4.69) is 10.6 Å². The van der Waals surface area contributed by atoms with Crippen LogP contribution in [0.5, 0.6) is 0 Å². The number of carbonyl (C=O) groups is 3. The van der Waals surface area contributed by atoms with Gasteiger partial charge in [-0.1, -0.05) is 29.8 Å². The van der Waals surface area contributed by atoms with Crippen molar-refractivity contribution in [1.29, 1.82) is 0 Å². The first kappa shape index (κ1) is 17.2. The Balaban J connectivity index is 2.06. The van der Waals surface area contributed by atoms with Crippen molar-refractivity contribution in [3.8, 4) is 0 Å². The molecule has 0 aromatic heterocycles. The minimum absolute atomic E-state index is 0.235. The van der Waals surface area contributed by atoms with Crippen LogP contribution in [0.3, 0.4) is 0 Å².